The van der Waals surface area contributed by atoms with Gasteiger partial charge in [-0.3, -0.25) is 14.1 Å². The summed E-state index contributed by atoms with van der Waals surface area (Å²) in [5, 5.41) is 0. The van der Waals surface area contributed by atoms with Crippen molar-refractivity contribution in [2.24, 2.45) is 5.92 Å². The number of esters is 2. The van der Waals surface area contributed by atoms with Crippen LogP contribution in [0.5, 0.6) is 0 Å². The van der Waals surface area contributed by atoms with Crippen LogP contribution < -0.4 is 0 Å². The highest BCUT2D eigenvalue weighted by atomic mass is 32.7. The smallest absolute Gasteiger partial charge is 0.386 e. The van der Waals surface area contributed by atoms with Gasteiger partial charge in [0.15, 0.2) is 0 Å². The second-order valence-electron chi connectivity index (χ2n) is 8.31. The Morgan fingerprint density at radius 2 is 1.53 bits per heavy atom. The largest absolute Gasteiger partial charge is 0.466 e. The zero-order chi connectivity index (χ0) is 23.0. The summed E-state index contributed by atoms with van der Waals surface area (Å²) in [4.78, 5) is 34.6. The molecular formula is C20H41NO7PS+. The highest BCUT2D eigenvalue weighted by molar-refractivity contribution is 8.54. The molecular weight excluding hydrogens is 429 g/mol. The molecule has 0 fully saturated rings. The van der Waals surface area contributed by atoms with E-state index in [4.69, 9.17) is 14.0 Å². The fraction of sp³-hybridized carbons (Fsp3) is 0.900. The van der Waals surface area contributed by atoms with Gasteiger partial charge in [-0.1, -0.05) is 39.5 Å². The van der Waals surface area contributed by atoms with Crippen LogP contribution in [0.25, 0.3) is 0 Å². The molecule has 0 aliphatic rings. The molecule has 0 aliphatic carbocycles. The third-order valence-corrected chi connectivity index (χ3v) is 7.33. The number of ether oxygens (including phenoxy) is 2. The Morgan fingerprint density at radius 3 is 2.07 bits per heavy atom. The molecule has 30 heavy (non-hydrogen) atoms. The molecule has 0 aromatic rings. The number of rotatable bonds is 18. The normalized spacial score (nSPS) is 14.7. The van der Waals surface area contributed by atoms with Gasteiger partial charge in [0.1, 0.15) is 13.2 Å². The number of carbonyl (C=O) groups is 2. The summed E-state index contributed by atoms with van der Waals surface area (Å²) in [5.74, 6) is -1.94. The molecule has 10 heteroatoms. The van der Waals surface area contributed by atoms with Crippen LogP contribution in [0.3, 0.4) is 0 Å². The fourth-order valence-electron chi connectivity index (χ4n) is 2.30. The van der Waals surface area contributed by atoms with Crippen LogP contribution in [-0.4, -0.2) is 74.6 Å². The van der Waals surface area contributed by atoms with E-state index < -0.39 is 24.7 Å². The first-order valence-electron chi connectivity index (χ1n) is 10.7. The van der Waals surface area contributed by atoms with Crippen LogP contribution in [0, 0.1) is 5.92 Å². The van der Waals surface area contributed by atoms with Crippen LogP contribution in [-0.2, 0) is 28.2 Å². The van der Waals surface area contributed by atoms with E-state index in [-0.39, 0.29) is 25.4 Å². The van der Waals surface area contributed by atoms with Gasteiger partial charge in [-0.05, 0) is 24.2 Å². The van der Waals surface area contributed by atoms with Crippen LogP contribution in [0.1, 0.15) is 58.8 Å². The highest BCUT2D eigenvalue weighted by Crippen LogP contribution is 2.56. The SMILES string of the molecule is CCCCCOC(=O)CC(CSP(=O)(O)OCC[N+](C)(C)C)C(=O)OCCCCC. The average molecular weight is 471 g/mol. The van der Waals surface area contributed by atoms with Gasteiger partial charge in [-0.25, -0.2) is 4.57 Å². The Morgan fingerprint density at radius 1 is 0.967 bits per heavy atom. The van der Waals surface area contributed by atoms with E-state index in [1.54, 1.807) is 0 Å². The van der Waals surface area contributed by atoms with Gasteiger partial charge >= 0.3 is 18.7 Å². The van der Waals surface area contributed by atoms with E-state index in [2.05, 4.69) is 6.92 Å². The van der Waals surface area contributed by atoms with E-state index in [0.717, 1.165) is 38.5 Å². The second kappa shape index (κ2) is 16.1. The van der Waals surface area contributed by atoms with Gasteiger partial charge in [0.2, 0.25) is 0 Å². The number of quaternary nitrogens is 1. The van der Waals surface area contributed by atoms with Gasteiger partial charge in [-0.2, -0.15) is 0 Å². The van der Waals surface area contributed by atoms with E-state index in [1.165, 1.54) is 0 Å². The molecule has 0 saturated heterocycles. The van der Waals surface area contributed by atoms with Crippen LogP contribution in [0.2, 0.25) is 0 Å². The van der Waals surface area contributed by atoms with Crippen LogP contribution in [0.4, 0.5) is 0 Å². The van der Waals surface area contributed by atoms with Crippen LogP contribution in [0.15, 0.2) is 0 Å². The van der Waals surface area contributed by atoms with Crippen molar-refractivity contribution in [1.29, 1.82) is 0 Å². The lowest BCUT2D eigenvalue weighted by Crippen LogP contribution is -2.37. The van der Waals surface area contributed by atoms with Crippen molar-refractivity contribution in [1.82, 2.24) is 0 Å². The first kappa shape index (κ1) is 29.4. The van der Waals surface area contributed by atoms with Crippen molar-refractivity contribution in [2.45, 2.75) is 58.8 Å². The molecule has 0 rings (SSSR count). The zero-order valence-electron chi connectivity index (χ0n) is 19.3. The van der Waals surface area contributed by atoms with E-state index in [9.17, 15) is 19.0 Å². The van der Waals surface area contributed by atoms with Crippen molar-refractivity contribution in [3.8, 4) is 0 Å². The molecule has 0 amide bonds. The summed E-state index contributed by atoms with van der Waals surface area (Å²) in [6.07, 6.45) is 5.26. The van der Waals surface area contributed by atoms with Crippen molar-refractivity contribution < 1.29 is 37.5 Å². The number of unbranched alkanes of at least 4 members (excludes halogenated alkanes) is 4. The zero-order valence-corrected chi connectivity index (χ0v) is 21.0. The first-order valence-corrected chi connectivity index (χ1v) is 13.9. The minimum absolute atomic E-state index is 0.0468. The van der Waals surface area contributed by atoms with Crippen molar-refractivity contribution >= 4 is 30.1 Å². The Hall–Kier alpha value is -0.600. The number of hydrogen-bond acceptors (Lipinski definition) is 7. The van der Waals surface area contributed by atoms with Crippen molar-refractivity contribution in [3.05, 3.63) is 0 Å². The fourth-order valence-corrected chi connectivity index (χ4v) is 4.86. The summed E-state index contributed by atoms with van der Waals surface area (Å²) >= 11 is 0.657. The summed E-state index contributed by atoms with van der Waals surface area (Å²) in [6.45, 7) is 1.44. The molecule has 0 radical (unpaired) electrons. The highest BCUT2D eigenvalue weighted by Gasteiger charge is 2.30. The molecule has 1 N–H and O–H groups in total. The topological polar surface area (TPSA) is 99.1 Å². The molecule has 0 bridgehead atoms. The molecule has 0 saturated carbocycles. The monoisotopic (exact) mass is 470 g/mol. The van der Waals surface area contributed by atoms with Gasteiger partial charge in [0.25, 0.3) is 0 Å². The number of carbonyl (C=O) groups excluding carboxylic acids is 2. The maximum atomic E-state index is 12.4. The maximum absolute atomic E-state index is 12.4. The average Bonchev–Trinajstić information content (AvgIpc) is 2.64. The molecule has 0 heterocycles. The lowest BCUT2D eigenvalue weighted by atomic mass is 10.1. The molecule has 8 nitrogen and oxygen atoms in total. The maximum Gasteiger partial charge on any atom is 0.386 e. The Bertz CT molecular complexity index is 540. The minimum atomic E-state index is -3.94. The lowest BCUT2D eigenvalue weighted by molar-refractivity contribution is -0.870. The molecule has 2 unspecified atom stereocenters. The van der Waals surface area contributed by atoms with Gasteiger partial charge in [0.05, 0.1) is 46.7 Å². The van der Waals surface area contributed by atoms with E-state index in [1.807, 2.05) is 28.1 Å². The third kappa shape index (κ3) is 17.1. The van der Waals surface area contributed by atoms with Gasteiger partial charge in [0, 0.05) is 5.75 Å². The Balaban J connectivity index is 4.70. The number of likely N-dealkylation sites (N-methyl/N-ethyl adjacent to an activating group) is 1. The van der Waals surface area contributed by atoms with E-state index in [0.29, 0.717) is 29.0 Å². The second-order valence-corrected chi connectivity index (χ2v) is 12.3. The minimum Gasteiger partial charge on any atom is -0.466 e. The Labute approximate surface area is 185 Å². The molecule has 0 aromatic carbocycles. The molecule has 178 valence electrons. The number of nitrogens with zero attached hydrogens (tertiary/aromatic N) is 1. The lowest BCUT2D eigenvalue weighted by Gasteiger charge is -2.24. The molecule has 2 atom stereocenters. The Kier molecular flexibility index (Phi) is 15.8. The van der Waals surface area contributed by atoms with Crippen LogP contribution >= 0.6 is 18.2 Å². The third-order valence-electron chi connectivity index (χ3n) is 4.20. The predicted molar refractivity (Wildman–Crippen MR) is 120 cm³/mol. The van der Waals surface area contributed by atoms with Crippen molar-refractivity contribution in [3.63, 3.8) is 0 Å². The summed E-state index contributed by atoms with van der Waals surface area (Å²) in [7, 11) is 5.86. The summed E-state index contributed by atoms with van der Waals surface area (Å²) < 4.78 is 28.5. The number of hydrogen-bond donors (Lipinski definition) is 1. The molecule has 0 aromatic heterocycles. The van der Waals surface area contributed by atoms with Gasteiger partial charge in [-0.15, -0.1) is 0 Å². The van der Waals surface area contributed by atoms with Crippen molar-refractivity contribution in [2.75, 3.05) is 53.3 Å². The first-order chi connectivity index (χ1) is 14.0. The van der Waals surface area contributed by atoms with E-state index >= 15 is 0 Å². The molecule has 0 aliphatic heterocycles. The molecule has 0 spiro atoms. The quantitative estimate of drug-likeness (QED) is 0.139. The van der Waals surface area contributed by atoms with Gasteiger partial charge < -0.3 is 18.9 Å². The predicted octanol–water partition coefficient (Wildman–Crippen LogP) is 4.02. The summed E-state index contributed by atoms with van der Waals surface area (Å²) in [6, 6.07) is 0. The summed E-state index contributed by atoms with van der Waals surface area (Å²) in [5.41, 5.74) is 0. The standard InChI is InChI=1S/C20H40NO7PS/c1-6-8-10-13-26-19(22)16-18(20(23)27-14-11-9-7-2)17-30-29(24,25)28-15-12-21(3,4)5/h18H,6-17H2,1-5H3/p+1.